The van der Waals surface area contributed by atoms with Gasteiger partial charge in [-0.2, -0.15) is 0 Å². The van der Waals surface area contributed by atoms with Crippen LogP contribution in [0, 0.1) is 0 Å². The molecule has 0 N–H and O–H groups in total. The number of nitrogens with zero attached hydrogens (tertiary/aromatic N) is 1. The van der Waals surface area contributed by atoms with E-state index in [1.807, 2.05) is 0 Å². The molecule has 2 aliphatic rings. The van der Waals surface area contributed by atoms with Crippen molar-refractivity contribution in [1.82, 2.24) is 0 Å². The largest absolute Gasteiger partial charge is 0.456 e. The van der Waals surface area contributed by atoms with Crippen LogP contribution in [-0.4, -0.2) is 0 Å². The van der Waals surface area contributed by atoms with Gasteiger partial charge in [0.2, 0.25) is 0 Å². The van der Waals surface area contributed by atoms with Crippen molar-refractivity contribution < 1.29 is 4.42 Å². The van der Waals surface area contributed by atoms with Crippen molar-refractivity contribution in [2.24, 2.45) is 0 Å². The Hall–Kier alpha value is -5.86. The topological polar surface area (TPSA) is 16.4 Å². The molecule has 0 saturated heterocycles. The summed E-state index contributed by atoms with van der Waals surface area (Å²) >= 11 is 0. The second-order valence-corrected chi connectivity index (χ2v) is 15.0. The van der Waals surface area contributed by atoms with Crippen molar-refractivity contribution in [3.05, 3.63) is 174 Å². The van der Waals surface area contributed by atoms with Gasteiger partial charge in [0, 0.05) is 44.7 Å². The van der Waals surface area contributed by atoms with Crippen molar-refractivity contribution in [2.45, 2.75) is 38.5 Å². The van der Waals surface area contributed by atoms with Crippen molar-refractivity contribution in [1.29, 1.82) is 0 Å². The van der Waals surface area contributed by atoms with Crippen LogP contribution in [0.2, 0.25) is 0 Å². The molecule has 0 atom stereocenters. The molecule has 1 heterocycles. The van der Waals surface area contributed by atoms with E-state index in [9.17, 15) is 0 Å². The number of anilines is 3. The standard InChI is InChI=1S/C48H37NO/c1-47(2)41-16-10-8-14-35(41)37-22-19-32(27-43(37)47)49(33-20-23-38-36-15-9-11-17-42(36)48(3,4)44(38)28-33)34-21-24-39-40-26-31(30-12-6-5-7-13-30)18-25-45(40)50-46(39)29-34/h5-29H,1-4H3. The second kappa shape index (κ2) is 10.3. The zero-order chi connectivity index (χ0) is 33.8. The first-order chi connectivity index (χ1) is 24.3. The van der Waals surface area contributed by atoms with Gasteiger partial charge in [-0.15, -0.1) is 0 Å². The molecule has 0 amide bonds. The highest BCUT2D eigenvalue weighted by atomic mass is 16.3. The highest BCUT2D eigenvalue weighted by Gasteiger charge is 2.37. The van der Waals surface area contributed by atoms with Gasteiger partial charge in [0.05, 0.1) is 0 Å². The summed E-state index contributed by atoms with van der Waals surface area (Å²) in [5.41, 5.74) is 18.1. The highest BCUT2D eigenvalue weighted by Crippen LogP contribution is 2.53. The molecule has 0 unspecified atom stereocenters. The van der Waals surface area contributed by atoms with Gasteiger partial charge in [0.1, 0.15) is 11.2 Å². The predicted octanol–water partition coefficient (Wildman–Crippen LogP) is 13.3. The van der Waals surface area contributed by atoms with Crippen LogP contribution in [0.5, 0.6) is 0 Å². The molecule has 0 saturated carbocycles. The van der Waals surface area contributed by atoms with E-state index in [-0.39, 0.29) is 10.8 Å². The Bertz CT molecular complexity index is 2550. The molecule has 8 aromatic rings. The molecule has 10 rings (SSSR count). The lowest BCUT2D eigenvalue weighted by atomic mass is 9.82. The first-order valence-corrected chi connectivity index (χ1v) is 17.6. The van der Waals surface area contributed by atoms with E-state index in [1.165, 1.54) is 55.6 Å². The van der Waals surface area contributed by atoms with Gasteiger partial charge in [0.25, 0.3) is 0 Å². The minimum Gasteiger partial charge on any atom is -0.456 e. The van der Waals surface area contributed by atoms with Crippen LogP contribution < -0.4 is 4.90 Å². The smallest absolute Gasteiger partial charge is 0.137 e. The average Bonchev–Trinajstić information content (AvgIpc) is 3.71. The zero-order valence-electron chi connectivity index (χ0n) is 28.8. The third kappa shape index (κ3) is 4.08. The fraction of sp³-hybridized carbons (Fsp3) is 0.125. The molecule has 0 spiro atoms. The fourth-order valence-electron chi connectivity index (χ4n) is 8.83. The van der Waals surface area contributed by atoms with Crippen LogP contribution in [0.15, 0.2) is 156 Å². The maximum Gasteiger partial charge on any atom is 0.137 e. The summed E-state index contributed by atoms with van der Waals surface area (Å²) in [6.45, 7) is 9.41. The van der Waals surface area contributed by atoms with Crippen LogP contribution in [0.25, 0.3) is 55.3 Å². The number of rotatable bonds is 4. The molecule has 240 valence electrons. The molecule has 7 aromatic carbocycles. The first-order valence-electron chi connectivity index (χ1n) is 17.6. The molecule has 2 nitrogen and oxygen atoms in total. The van der Waals surface area contributed by atoms with E-state index in [2.05, 4.69) is 184 Å². The van der Waals surface area contributed by atoms with Crippen molar-refractivity contribution in [3.8, 4) is 33.4 Å². The van der Waals surface area contributed by atoms with Gasteiger partial charge in [-0.05, 0) is 104 Å². The predicted molar refractivity (Wildman–Crippen MR) is 209 cm³/mol. The Morgan fingerprint density at radius 3 is 1.52 bits per heavy atom. The van der Waals surface area contributed by atoms with Crippen LogP contribution in [0.4, 0.5) is 17.1 Å². The summed E-state index contributed by atoms with van der Waals surface area (Å²) in [5, 5.41) is 2.26. The normalized spacial score (nSPS) is 14.7. The summed E-state index contributed by atoms with van der Waals surface area (Å²) in [6.07, 6.45) is 0. The first kappa shape index (κ1) is 29.1. The van der Waals surface area contributed by atoms with Gasteiger partial charge in [-0.25, -0.2) is 0 Å². The van der Waals surface area contributed by atoms with Crippen LogP contribution in [0.3, 0.4) is 0 Å². The summed E-state index contributed by atoms with van der Waals surface area (Å²) in [6, 6.07) is 55.6. The van der Waals surface area contributed by atoms with E-state index >= 15 is 0 Å². The lowest BCUT2D eigenvalue weighted by molar-refractivity contribution is 0.660. The number of hydrogen-bond acceptors (Lipinski definition) is 2. The van der Waals surface area contributed by atoms with Crippen LogP contribution >= 0.6 is 0 Å². The maximum absolute atomic E-state index is 6.58. The Morgan fingerprint density at radius 2 is 0.900 bits per heavy atom. The van der Waals surface area contributed by atoms with E-state index < -0.39 is 0 Å². The molecule has 0 fully saturated rings. The van der Waals surface area contributed by atoms with Crippen molar-refractivity contribution in [3.63, 3.8) is 0 Å². The fourth-order valence-corrected chi connectivity index (χ4v) is 8.83. The number of hydrogen-bond donors (Lipinski definition) is 0. The third-order valence-electron chi connectivity index (χ3n) is 11.5. The molecule has 2 aliphatic carbocycles. The molecular weight excluding hydrogens is 607 g/mol. The van der Waals surface area contributed by atoms with E-state index in [0.29, 0.717) is 0 Å². The number of fused-ring (bicyclic) bond motifs is 9. The summed E-state index contributed by atoms with van der Waals surface area (Å²) < 4.78 is 6.58. The molecular formula is C48H37NO. The van der Waals surface area contributed by atoms with Gasteiger partial charge >= 0.3 is 0 Å². The van der Waals surface area contributed by atoms with Crippen LogP contribution in [0.1, 0.15) is 49.9 Å². The molecule has 0 aliphatic heterocycles. The summed E-state index contributed by atoms with van der Waals surface area (Å²) in [7, 11) is 0. The third-order valence-corrected chi connectivity index (χ3v) is 11.5. The Labute approximate surface area is 293 Å². The molecule has 50 heavy (non-hydrogen) atoms. The van der Waals surface area contributed by atoms with Gasteiger partial charge < -0.3 is 9.32 Å². The van der Waals surface area contributed by atoms with Gasteiger partial charge in [-0.3, -0.25) is 0 Å². The monoisotopic (exact) mass is 643 g/mol. The minimum absolute atomic E-state index is 0.103. The van der Waals surface area contributed by atoms with E-state index in [4.69, 9.17) is 4.42 Å². The lowest BCUT2D eigenvalue weighted by Gasteiger charge is -2.29. The quantitative estimate of drug-likeness (QED) is 0.190. The van der Waals surface area contributed by atoms with E-state index in [1.54, 1.807) is 0 Å². The van der Waals surface area contributed by atoms with Crippen molar-refractivity contribution in [2.75, 3.05) is 4.90 Å². The average molecular weight is 644 g/mol. The Kier molecular flexibility index (Phi) is 6.01. The second-order valence-electron chi connectivity index (χ2n) is 15.0. The SMILES string of the molecule is CC1(C)c2ccccc2-c2ccc(N(c3ccc4c(c3)C(C)(C)c3ccccc3-4)c3ccc4c(c3)oc3ccc(-c5ccccc5)cc34)cc21. The summed E-state index contributed by atoms with van der Waals surface area (Å²) in [5.74, 6) is 0. The molecule has 0 bridgehead atoms. The Morgan fingerprint density at radius 1 is 0.380 bits per heavy atom. The molecule has 1 aromatic heterocycles. The minimum atomic E-state index is -0.103. The molecule has 0 radical (unpaired) electrons. The Balaban J connectivity index is 1.16. The van der Waals surface area contributed by atoms with Gasteiger partial charge in [0.15, 0.2) is 0 Å². The number of benzene rings is 7. The summed E-state index contributed by atoms with van der Waals surface area (Å²) in [4.78, 5) is 2.42. The number of furan rings is 1. The lowest BCUT2D eigenvalue weighted by Crippen LogP contribution is -2.18. The van der Waals surface area contributed by atoms with Crippen LogP contribution in [-0.2, 0) is 10.8 Å². The zero-order valence-corrected chi connectivity index (χ0v) is 28.8. The maximum atomic E-state index is 6.58. The highest BCUT2D eigenvalue weighted by molar-refractivity contribution is 6.07. The van der Waals surface area contributed by atoms with Crippen molar-refractivity contribution >= 4 is 39.0 Å². The molecule has 2 heteroatoms. The van der Waals surface area contributed by atoms with Gasteiger partial charge in [-0.1, -0.05) is 125 Å². The van der Waals surface area contributed by atoms with E-state index in [0.717, 1.165) is 39.0 Å².